The van der Waals surface area contributed by atoms with Gasteiger partial charge in [0, 0.05) is 19.1 Å². The van der Waals surface area contributed by atoms with Gasteiger partial charge in [-0.3, -0.25) is 0 Å². The van der Waals surface area contributed by atoms with Gasteiger partial charge in [-0.2, -0.15) is 17.0 Å². The fourth-order valence-electron chi connectivity index (χ4n) is 2.02. The molecule has 1 atom stereocenters. The zero-order chi connectivity index (χ0) is 12.2. The zero-order valence-electron chi connectivity index (χ0n) is 10.0. The summed E-state index contributed by atoms with van der Waals surface area (Å²) in [6.45, 7) is 4.96. The fraction of sp³-hybridized carbons (Fsp3) is 0.818. The van der Waals surface area contributed by atoms with Crippen LogP contribution in [0.2, 0.25) is 0 Å². The highest BCUT2D eigenvalue weighted by Crippen LogP contribution is 2.21. The van der Waals surface area contributed by atoms with Crippen LogP contribution in [0.3, 0.4) is 0 Å². The highest BCUT2D eigenvalue weighted by Gasteiger charge is 2.33. The van der Waals surface area contributed by atoms with Crippen molar-refractivity contribution in [2.75, 3.05) is 19.6 Å². The van der Waals surface area contributed by atoms with Crippen LogP contribution in [0.25, 0.3) is 0 Å². The summed E-state index contributed by atoms with van der Waals surface area (Å²) in [5.41, 5.74) is 0. The summed E-state index contributed by atoms with van der Waals surface area (Å²) in [5, 5.41) is 0. The van der Waals surface area contributed by atoms with Gasteiger partial charge in [0.15, 0.2) is 0 Å². The molecule has 0 saturated carbocycles. The molecule has 1 heterocycles. The Morgan fingerprint density at radius 3 is 2.69 bits per heavy atom. The first-order valence-corrected chi connectivity index (χ1v) is 7.14. The SMILES string of the molecule is C#CCN(CC)S(=O)(=O)N1CCCCC1C. The van der Waals surface area contributed by atoms with E-state index < -0.39 is 10.2 Å². The minimum absolute atomic E-state index is 0.0885. The third-order valence-electron chi connectivity index (χ3n) is 2.99. The molecular weight excluding hydrogens is 224 g/mol. The van der Waals surface area contributed by atoms with Crippen molar-refractivity contribution in [3.63, 3.8) is 0 Å². The molecule has 0 spiro atoms. The molecule has 16 heavy (non-hydrogen) atoms. The van der Waals surface area contributed by atoms with Crippen LogP contribution in [0.1, 0.15) is 33.1 Å². The third kappa shape index (κ3) is 2.76. The second kappa shape index (κ2) is 5.67. The smallest absolute Gasteiger partial charge is 0.195 e. The summed E-state index contributed by atoms with van der Waals surface area (Å²) in [4.78, 5) is 0. The van der Waals surface area contributed by atoms with Gasteiger partial charge in [-0.1, -0.05) is 19.3 Å². The quantitative estimate of drug-likeness (QED) is 0.694. The molecule has 0 aromatic carbocycles. The Morgan fingerprint density at radius 1 is 1.50 bits per heavy atom. The number of hydrogen-bond acceptors (Lipinski definition) is 2. The van der Waals surface area contributed by atoms with Gasteiger partial charge in [0.25, 0.3) is 10.2 Å². The lowest BCUT2D eigenvalue weighted by molar-refractivity contribution is 0.249. The van der Waals surface area contributed by atoms with E-state index in [9.17, 15) is 8.42 Å². The van der Waals surface area contributed by atoms with E-state index in [0.29, 0.717) is 13.1 Å². The molecule has 0 aromatic heterocycles. The van der Waals surface area contributed by atoms with Crippen molar-refractivity contribution in [2.24, 2.45) is 0 Å². The fourth-order valence-corrected chi connectivity index (χ4v) is 3.80. The monoisotopic (exact) mass is 244 g/mol. The minimum atomic E-state index is -3.36. The molecule has 1 rings (SSSR count). The lowest BCUT2D eigenvalue weighted by Gasteiger charge is -2.35. The first kappa shape index (κ1) is 13.5. The first-order valence-electron chi connectivity index (χ1n) is 5.74. The Hall–Kier alpha value is -0.570. The van der Waals surface area contributed by atoms with Crippen LogP contribution in [0.4, 0.5) is 0 Å². The van der Waals surface area contributed by atoms with E-state index in [0.717, 1.165) is 19.3 Å². The normalized spacial score (nSPS) is 23.2. The summed E-state index contributed by atoms with van der Waals surface area (Å²) >= 11 is 0. The molecule has 1 fully saturated rings. The van der Waals surface area contributed by atoms with Crippen molar-refractivity contribution in [3.8, 4) is 12.3 Å². The molecule has 0 radical (unpaired) electrons. The average Bonchev–Trinajstić information content (AvgIpc) is 2.26. The Bertz CT molecular complexity index is 359. The summed E-state index contributed by atoms with van der Waals surface area (Å²) in [6, 6.07) is 0.0885. The van der Waals surface area contributed by atoms with Crippen LogP contribution in [-0.2, 0) is 10.2 Å². The van der Waals surface area contributed by atoms with Gasteiger partial charge in [-0.05, 0) is 19.8 Å². The molecule has 1 saturated heterocycles. The molecule has 4 nitrogen and oxygen atoms in total. The Morgan fingerprint density at radius 2 is 2.19 bits per heavy atom. The van der Waals surface area contributed by atoms with Gasteiger partial charge in [0.2, 0.25) is 0 Å². The second-order valence-electron chi connectivity index (χ2n) is 4.09. The highest BCUT2D eigenvalue weighted by atomic mass is 32.2. The molecule has 1 aliphatic rings. The van der Waals surface area contributed by atoms with E-state index in [1.807, 2.05) is 13.8 Å². The van der Waals surface area contributed by atoms with Gasteiger partial charge >= 0.3 is 0 Å². The van der Waals surface area contributed by atoms with Crippen LogP contribution in [0.5, 0.6) is 0 Å². The molecule has 92 valence electrons. The number of hydrogen-bond donors (Lipinski definition) is 0. The van der Waals surface area contributed by atoms with E-state index in [2.05, 4.69) is 5.92 Å². The van der Waals surface area contributed by atoms with Crippen LogP contribution < -0.4 is 0 Å². The Labute approximate surface area is 98.8 Å². The predicted molar refractivity (Wildman–Crippen MR) is 65.0 cm³/mol. The minimum Gasteiger partial charge on any atom is -0.195 e. The van der Waals surface area contributed by atoms with E-state index >= 15 is 0 Å². The molecule has 1 unspecified atom stereocenters. The van der Waals surface area contributed by atoms with Gasteiger partial charge in [0.05, 0.1) is 6.54 Å². The standard InChI is InChI=1S/C11H20N2O2S/c1-4-9-12(5-2)16(14,15)13-10-7-6-8-11(13)3/h1,11H,5-10H2,2-3H3. The van der Waals surface area contributed by atoms with Crippen LogP contribution in [0, 0.1) is 12.3 Å². The maximum atomic E-state index is 12.3. The molecule has 0 aromatic rings. The summed E-state index contributed by atoms with van der Waals surface area (Å²) in [5.74, 6) is 2.40. The van der Waals surface area contributed by atoms with Gasteiger partial charge in [-0.15, -0.1) is 6.42 Å². The Balaban J connectivity index is 2.86. The van der Waals surface area contributed by atoms with E-state index in [1.54, 1.807) is 4.31 Å². The molecule has 0 aliphatic carbocycles. The highest BCUT2D eigenvalue weighted by molar-refractivity contribution is 7.86. The number of piperidine rings is 1. The largest absolute Gasteiger partial charge is 0.283 e. The summed E-state index contributed by atoms with van der Waals surface area (Å²) in [6.07, 6.45) is 8.18. The van der Waals surface area contributed by atoms with Gasteiger partial charge < -0.3 is 0 Å². The topological polar surface area (TPSA) is 40.6 Å². The summed E-state index contributed by atoms with van der Waals surface area (Å²) in [7, 11) is -3.36. The average molecular weight is 244 g/mol. The van der Waals surface area contributed by atoms with Crippen LogP contribution in [-0.4, -0.2) is 42.7 Å². The van der Waals surface area contributed by atoms with Gasteiger partial charge in [-0.25, -0.2) is 0 Å². The number of nitrogens with zero attached hydrogens (tertiary/aromatic N) is 2. The molecule has 1 aliphatic heterocycles. The third-order valence-corrected chi connectivity index (χ3v) is 5.16. The zero-order valence-corrected chi connectivity index (χ0v) is 10.8. The summed E-state index contributed by atoms with van der Waals surface area (Å²) < 4.78 is 27.5. The molecule has 0 N–H and O–H groups in total. The van der Waals surface area contributed by atoms with E-state index in [4.69, 9.17) is 6.42 Å². The van der Waals surface area contributed by atoms with Gasteiger partial charge in [0.1, 0.15) is 0 Å². The van der Waals surface area contributed by atoms with Crippen molar-refractivity contribution < 1.29 is 8.42 Å². The number of terminal acetylenes is 1. The lowest BCUT2D eigenvalue weighted by atomic mass is 10.1. The van der Waals surface area contributed by atoms with Crippen molar-refractivity contribution in [2.45, 2.75) is 39.2 Å². The molecule has 5 heteroatoms. The van der Waals surface area contributed by atoms with Crippen LogP contribution in [0.15, 0.2) is 0 Å². The lowest BCUT2D eigenvalue weighted by Crippen LogP contribution is -2.49. The molecule has 0 bridgehead atoms. The van der Waals surface area contributed by atoms with Crippen molar-refractivity contribution >= 4 is 10.2 Å². The number of rotatable bonds is 4. The maximum absolute atomic E-state index is 12.3. The van der Waals surface area contributed by atoms with E-state index in [1.165, 1.54) is 4.31 Å². The maximum Gasteiger partial charge on any atom is 0.283 e. The Kier molecular flexibility index (Phi) is 4.78. The predicted octanol–water partition coefficient (Wildman–Crippen LogP) is 1.06. The van der Waals surface area contributed by atoms with E-state index in [-0.39, 0.29) is 12.6 Å². The van der Waals surface area contributed by atoms with Crippen molar-refractivity contribution in [3.05, 3.63) is 0 Å². The molecular formula is C11H20N2O2S. The van der Waals surface area contributed by atoms with Crippen molar-refractivity contribution in [1.29, 1.82) is 0 Å². The van der Waals surface area contributed by atoms with Crippen molar-refractivity contribution in [1.82, 2.24) is 8.61 Å². The first-order chi connectivity index (χ1) is 7.54. The van der Waals surface area contributed by atoms with Crippen LogP contribution >= 0.6 is 0 Å². The second-order valence-corrected chi connectivity index (χ2v) is 5.97. The molecule has 0 amide bonds.